The molecule has 148 valence electrons. The fourth-order valence-electron chi connectivity index (χ4n) is 3.08. The summed E-state index contributed by atoms with van der Waals surface area (Å²) in [7, 11) is 1.53. The second-order valence-corrected chi connectivity index (χ2v) is 6.61. The summed E-state index contributed by atoms with van der Waals surface area (Å²) in [5.41, 5.74) is 2.22. The molecule has 0 saturated carbocycles. The van der Waals surface area contributed by atoms with Crippen molar-refractivity contribution < 1.29 is 14.5 Å². The zero-order valence-electron chi connectivity index (χ0n) is 16.3. The number of nitro groups is 1. The maximum Gasteiger partial charge on any atom is 0.273 e. The zero-order valence-corrected chi connectivity index (χ0v) is 16.3. The second kappa shape index (κ2) is 9.64. The highest BCUT2D eigenvalue weighted by Crippen LogP contribution is 2.21. The Kier molecular flexibility index (Phi) is 7.26. The van der Waals surface area contributed by atoms with Gasteiger partial charge in [-0.25, -0.2) is 0 Å². The first-order chi connectivity index (χ1) is 13.4. The van der Waals surface area contributed by atoms with E-state index < -0.39 is 11.0 Å². The number of nitro benzene ring substituents is 1. The van der Waals surface area contributed by atoms with Crippen molar-refractivity contribution in [3.8, 4) is 0 Å². The molecule has 0 bridgehead atoms. The highest BCUT2D eigenvalue weighted by molar-refractivity contribution is 5.88. The van der Waals surface area contributed by atoms with Crippen LogP contribution in [0.2, 0.25) is 0 Å². The lowest BCUT2D eigenvalue weighted by Gasteiger charge is -2.30. The molecule has 0 spiro atoms. The van der Waals surface area contributed by atoms with Crippen molar-refractivity contribution in [1.29, 1.82) is 0 Å². The normalized spacial score (nSPS) is 11.5. The van der Waals surface area contributed by atoms with Crippen LogP contribution in [0.15, 0.2) is 48.5 Å². The van der Waals surface area contributed by atoms with Gasteiger partial charge in [0.1, 0.15) is 6.04 Å². The Bertz CT molecular complexity index is 849. The minimum Gasteiger partial charge on any atom is -0.357 e. The molecule has 0 aliphatic carbocycles. The van der Waals surface area contributed by atoms with Crippen LogP contribution < -0.4 is 5.32 Å². The molecule has 28 heavy (non-hydrogen) atoms. The van der Waals surface area contributed by atoms with E-state index in [1.165, 1.54) is 18.0 Å². The third-order valence-corrected chi connectivity index (χ3v) is 4.64. The minimum atomic E-state index is -0.651. The van der Waals surface area contributed by atoms with Gasteiger partial charge in [0, 0.05) is 25.2 Å². The van der Waals surface area contributed by atoms with Crippen LogP contribution in [0.4, 0.5) is 5.69 Å². The van der Waals surface area contributed by atoms with Crippen molar-refractivity contribution in [2.24, 2.45) is 0 Å². The summed E-state index contributed by atoms with van der Waals surface area (Å²) in [5, 5.41) is 13.9. The van der Waals surface area contributed by atoms with Gasteiger partial charge in [-0.1, -0.05) is 55.0 Å². The number of benzene rings is 2. The monoisotopic (exact) mass is 383 g/mol. The first kappa shape index (κ1) is 21.1. The van der Waals surface area contributed by atoms with Crippen molar-refractivity contribution in [3.63, 3.8) is 0 Å². The lowest BCUT2D eigenvalue weighted by Crippen LogP contribution is -2.48. The van der Waals surface area contributed by atoms with E-state index in [9.17, 15) is 19.7 Å². The fraction of sp³-hybridized carbons (Fsp3) is 0.333. The molecular formula is C21H25N3O4. The predicted molar refractivity (Wildman–Crippen MR) is 107 cm³/mol. The number of amides is 2. The SMILES string of the molecule is CC[C@H](C(=O)NC)N(Cc1ccc(C)cc1)C(=O)Cc1ccccc1[N+](=O)[O-]. The van der Waals surface area contributed by atoms with Crippen LogP contribution in [0, 0.1) is 17.0 Å². The first-order valence-corrected chi connectivity index (χ1v) is 9.16. The Morgan fingerprint density at radius 3 is 2.36 bits per heavy atom. The van der Waals surface area contributed by atoms with E-state index in [4.69, 9.17) is 0 Å². The number of rotatable bonds is 8. The number of likely N-dealkylation sites (N-methyl/N-ethyl adjacent to an activating group) is 1. The minimum absolute atomic E-state index is 0.0980. The van der Waals surface area contributed by atoms with E-state index in [0.717, 1.165) is 11.1 Å². The Hall–Kier alpha value is -3.22. The maximum atomic E-state index is 13.1. The second-order valence-electron chi connectivity index (χ2n) is 6.61. The number of carbonyl (C=O) groups excluding carboxylic acids is 2. The van der Waals surface area contributed by atoms with Gasteiger partial charge >= 0.3 is 0 Å². The number of aryl methyl sites for hydroxylation is 1. The van der Waals surface area contributed by atoms with Crippen LogP contribution in [0.25, 0.3) is 0 Å². The molecule has 7 heteroatoms. The molecule has 2 aromatic carbocycles. The lowest BCUT2D eigenvalue weighted by atomic mass is 10.0. The highest BCUT2D eigenvalue weighted by atomic mass is 16.6. The summed E-state index contributed by atoms with van der Waals surface area (Å²) in [5.74, 6) is -0.587. The smallest absolute Gasteiger partial charge is 0.273 e. The van der Waals surface area contributed by atoms with E-state index >= 15 is 0 Å². The lowest BCUT2D eigenvalue weighted by molar-refractivity contribution is -0.385. The van der Waals surface area contributed by atoms with E-state index in [-0.39, 0.29) is 30.5 Å². The summed E-state index contributed by atoms with van der Waals surface area (Å²) in [6, 6.07) is 13.2. The number of para-hydroxylation sites is 1. The van der Waals surface area contributed by atoms with E-state index in [0.29, 0.717) is 12.0 Å². The van der Waals surface area contributed by atoms with Crippen molar-refractivity contribution in [1.82, 2.24) is 10.2 Å². The van der Waals surface area contributed by atoms with Crippen molar-refractivity contribution >= 4 is 17.5 Å². The summed E-state index contributed by atoms with van der Waals surface area (Å²) >= 11 is 0. The van der Waals surface area contributed by atoms with Crippen molar-refractivity contribution in [2.75, 3.05) is 7.05 Å². The van der Waals surface area contributed by atoms with Crippen LogP contribution in [-0.4, -0.2) is 34.7 Å². The number of carbonyl (C=O) groups is 2. The molecule has 0 aliphatic rings. The molecule has 0 unspecified atom stereocenters. The number of nitrogens with one attached hydrogen (secondary N) is 1. The van der Waals surface area contributed by atoms with Gasteiger partial charge in [0.25, 0.3) is 5.69 Å². The van der Waals surface area contributed by atoms with Gasteiger partial charge in [-0.15, -0.1) is 0 Å². The van der Waals surface area contributed by atoms with Crippen LogP contribution in [0.5, 0.6) is 0 Å². The van der Waals surface area contributed by atoms with E-state index in [1.807, 2.05) is 38.1 Å². The molecule has 1 atom stereocenters. The third kappa shape index (κ3) is 5.16. The van der Waals surface area contributed by atoms with Crippen LogP contribution in [-0.2, 0) is 22.6 Å². The van der Waals surface area contributed by atoms with Gasteiger partial charge in [-0.2, -0.15) is 0 Å². The Morgan fingerprint density at radius 2 is 1.79 bits per heavy atom. The maximum absolute atomic E-state index is 13.1. The van der Waals surface area contributed by atoms with Gasteiger partial charge in [0.2, 0.25) is 11.8 Å². The summed E-state index contributed by atoms with van der Waals surface area (Å²) in [4.78, 5) is 37.7. The molecule has 1 N–H and O–H groups in total. The van der Waals surface area contributed by atoms with Gasteiger partial charge < -0.3 is 10.2 Å². The van der Waals surface area contributed by atoms with Crippen LogP contribution in [0.3, 0.4) is 0 Å². The highest BCUT2D eigenvalue weighted by Gasteiger charge is 2.29. The Balaban J connectivity index is 2.34. The molecule has 0 radical (unpaired) electrons. The van der Waals surface area contributed by atoms with Gasteiger partial charge in [-0.3, -0.25) is 19.7 Å². The molecule has 0 aliphatic heterocycles. The number of hydrogen-bond donors (Lipinski definition) is 1. The van der Waals surface area contributed by atoms with Crippen LogP contribution >= 0.6 is 0 Å². The largest absolute Gasteiger partial charge is 0.357 e. The molecule has 0 saturated heterocycles. The average molecular weight is 383 g/mol. The van der Waals surface area contributed by atoms with Crippen molar-refractivity contribution in [2.45, 2.75) is 39.3 Å². The summed E-state index contributed by atoms with van der Waals surface area (Å²) < 4.78 is 0. The quantitative estimate of drug-likeness (QED) is 0.560. The Morgan fingerprint density at radius 1 is 1.14 bits per heavy atom. The molecule has 2 amide bonds. The third-order valence-electron chi connectivity index (χ3n) is 4.64. The van der Waals surface area contributed by atoms with E-state index in [2.05, 4.69) is 5.32 Å². The average Bonchev–Trinajstić information content (AvgIpc) is 2.69. The Labute approximate surface area is 164 Å². The summed E-state index contributed by atoms with van der Waals surface area (Å²) in [6.07, 6.45) is 0.296. The summed E-state index contributed by atoms with van der Waals surface area (Å²) in [6.45, 7) is 4.06. The standard InChI is InChI=1S/C21H25N3O4/c1-4-18(21(26)22-3)23(14-16-11-9-15(2)10-12-16)20(25)13-17-7-5-6-8-19(17)24(27)28/h5-12,18H,4,13-14H2,1-3H3,(H,22,26)/t18-/m1/s1. The van der Waals surface area contributed by atoms with Crippen molar-refractivity contribution in [3.05, 3.63) is 75.3 Å². The number of nitrogens with zero attached hydrogens (tertiary/aromatic N) is 2. The van der Waals surface area contributed by atoms with Gasteiger partial charge in [-0.05, 0) is 18.9 Å². The first-order valence-electron chi connectivity index (χ1n) is 9.16. The molecule has 0 fully saturated rings. The molecule has 2 rings (SSSR count). The van der Waals surface area contributed by atoms with E-state index in [1.54, 1.807) is 18.2 Å². The molecule has 7 nitrogen and oxygen atoms in total. The molecule has 2 aromatic rings. The molecule has 0 aromatic heterocycles. The van der Waals surface area contributed by atoms with Gasteiger partial charge in [0.15, 0.2) is 0 Å². The predicted octanol–water partition coefficient (Wildman–Crippen LogP) is 3.00. The topological polar surface area (TPSA) is 92.6 Å². The molecule has 0 heterocycles. The molecular weight excluding hydrogens is 358 g/mol. The number of hydrogen-bond acceptors (Lipinski definition) is 4. The van der Waals surface area contributed by atoms with Crippen LogP contribution in [0.1, 0.15) is 30.0 Å². The fourth-order valence-corrected chi connectivity index (χ4v) is 3.08. The van der Waals surface area contributed by atoms with Gasteiger partial charge in [0.05, 0.1) is 11.3 Å². The zero-order chi connectivity index (χ0) is 20.7.